The average Bonchev–Trinajstić information content (AvgIpc) is 3.19. The summed E-state index contributed by atoms with van der Waals surface area (Å²) in [6, 6.07) is 2.09. The number of hydrogen-bond acceptors (Lipinski definition) is 3. The fourth-order valence-corrected chi connectivity index (χ4v) is 4.09. The normalized spacial score (nSPS) is 18.8. The third-order valence-corrected chi connectivity index (χ3v) is 5.53. The molecule has 2 heterocycles. The molecule has 0 spiro atoms. The number of aromatic nitrogens is 2. The van der Waals surface area contributed by atoms with Gasteiger partial charge >= 0.3 is 6.03 Å². The molecule has 0 radical (unpaired) electrons. The van der Waals surface area contributed by atoms with Crippen LogP contribution in [0.25, 0.3) is 0 Å². The molecule has 1 aliphatic heterocycles. The molecule has 1 N–H and O–H groups in total. The third kappa shape index (κ3) is 5.21. The molecule has 0 aromatic carbocycles. The van der Waals surface area contributed by atoms with Crippen LogP contribution < -0.4 is 5.32 Å². The smallest absolute Gasteiger partial charge is 0.317 e. The van der Waals surface area contributed by atoms with Crippen LogP contribution in [0.1, 0.15) is 56.3 Å². The van der Waals surface area contributed by atoms with E-state index in [0.29, 0.717) is 6.54 Å². The summed E-state index contributed by atoms with van der Waals surface area (Å²) in [5, 5.41) is 7.57. The molecule has 0 bridgehead atoms. The first-order valence-electron chi connectivity index (χ1n) is 9.85. The van der Waals surface area contributed by atoms with E-state index >= 15 is 0 Å². The predicted octanol–water partition coefficient (Wildman–Crippen LogP) is 2.83. The Morgan fingerprint density at radius 3 is 2.84 bits per heavy atom. The minimum atomic E-state index is -0.0725. The fraction of sp³-hybridized carbons (Fsp3) is 0.789. The molecular weight excluding hydrogens is 314 g/mol. The van der Waals surface area contributed by atoms with E-state index < -0.39 is 0 Å². The molecule has 6 heteroatoms. The van der Waals surface area contributed by atoms with E-state index in [4.69, 9.17) is 0 Å². The first-order chi connectivity index (χ1) is 12.1. The molecule has 25 heavy (non-hydrogen) atoms. The highest BCUT2D eigenvalue weighted by Crippen LogP contribution is 2.28. The first kappa shape index (κ1) is 18.2. The van der Waals surface area contributed by atoms with Gasteiger partial charge in [0.1, 0.15) is 0 Å². The summed E-state index contributed by atoms with van der Waals surface area (Å²) in [4.78, 5) is 15.8. The van der Waals surface area contributed by atoms with E-state index in [9.17, 15) is 4.79 Å². The zero-order chi connectivity index (χ0) is 17.6. The van der Waals surface area contributed by atoms with Gasteiger partial charge in [-0.05, 0) is 37.8 Å². The molecule has 1 aromatic rings. The van der Waals surface area contributed by atoms with Gasteiger partial charge in [0.05, 0.1) is 17.9 Å². The number of aryl methyl sites for hydroxylation is 1. The number of hydrogen-bond donors (Lipinski definition) is 1. The maximum Gasteiger partial charge on any atom is 0.317 e. The molecule has 6 nitrogen and oxygen atoms in total. The van der Waals surface area contributed by atoms with Crippen LogP contribution in [-0.4, -0.2) is 52.8 Å². The van der Waals surface area contributed by atoms with E-state index in [0.717, 1.165) is 31.1 Å². The Kier molecular flexibility index (Phi) is 6.34. The lowest BCUT2D eigenvalue weighted by Gasteiger charge is -2.20. The molecular formula is C19H33N5O. The van der Waals surface area contributed by atoms with Gasteiger partial charge in [-0.25, -0.2) is 4.79 Å². The molecule has 1 fully saturated rings. The van der Waals surface area contributed by atoms with Crippen LogP contribution in [0.5, 0.6) is 0 Å². The third-order valence-electron chi connectivity index (χ3n) is 5.53. The Hall–Kier alpha value is -1.56. The van der Waals surface area contributed by atoms with Crippen LogP contribution in [0.2, 0.25) is 0 Å². The van der Waals surface area contributed by atoms with Gasteiger partial charge in [0.2, 0.25) is 0 Å². The molecule has 0 unspecified atom stereocenters. The van der Waals surface area contributed by atoms with E-state index in [2.05, 4.69) is 26.1 Å². The number of urea groups is 1. The summed E-state index contributed by atoms with van der Waals surface area (Å²) in [5.41, 5.74) is 2.24. The Bertz CT molecular complexity index is 562. The topological polar surface area (TPSA) is 53.4 Å². The zero-order valence-electron chi connectivity index (χ0n) is 15.8. The molecule has 140 valence electrons. The van der Waals surface area contributed by atoms with Crippen molar-refractivity contribution in [3.63, 3.8) is 0 Å². The summed E-state index contributed by atoms with van der Waals surface area (Å²) in [5.74, 6) is 0.990. The number of amides is 2. The lowest BCUT2D eigenvalue weighted by atomic mass is 10.0. The van der Waals surface area contributed by atoms with Gasteiger partial charge in [-0.1, -0.05) is 25.7 Å². The number of rotatable bonds is 6. The van der Waals surface area contributed by atoms with Gasteiger partial charge in [0, 0.05) is 33.7 Å². The quantitative estimate of drug-likeness (QED) is 0.861. The van der Waals surface area contributed by atoms with Crippen LogP contribution in [0.15, 0.2) is 6.07 Å². The molecule has 1 aliphatic carbocycles. The predicted molar refractivity (Wildman–Crippen MR) is 99.2 cm³/mol. The number of carbonyl (C=O) groups is 1. The van der Waals surface area contributed by atoms with Gasteiger partial charge in [0.25, 0.3) is 0 Å². The van der Waals surface area contributed by atoms with Crippen molar-refractivity contribution in [1.82, 2.24) is 24.9 Å². The van der Waals surface area contributed by atoms with Gasteiger partial charge < -0.3 is 10.2 Å². The maximum atomic E-state index is 11.7. The Morgan fingerprint density at radius 1 is 1.28 bits per heavy atom. The summed E-state index contributed by atoms with van der Waals surface area (Å²) in [6.45, 7) is 4.84. The van der Waals surface area contributed by atoms with Crippen molar-refractivity contribution in [2.75, 3.05) is 27.2 Å². The monoisotopic (exact) mass is 347 g/mol. The van der Waals surface area contributed by atoms with E-state index in [1.165, 1.54) is 57.3 Å². The average molecular weight is 348 g/mol. The highest BCUT2D eigenvalue weighted by molar-refractivity contribution is 5.73. The Balaban J connectivity index is 1.48. The van der Waals surface area contributed by atoms with Gasteiger partial charge in [-0.15, -0.1) is 0 Å². The highest BCUT2D eigenvalue weighted by Gasteiger charge is 2.18. The number of carbonyl (C=O) groups excluding carboxylic acids is 1. The lowest BCUT2D eigenvalue weighted by molar-refractivity contribution is 0.217. The van der Waals surface area contributed by atoms with Crippen molar-refractivity contribution >= 4 is 6.03 Å². The minimum absolute atomic E-state index is 0.0725. The second kappa shape index (κ2) is 8.70. The molecule has 1 aromatic heterocycles. The van der Waals surface area contributed by atoms with E-state index in [-0.39, 0.29) is 6.03 Å². The Labute approximate surface area is 151 Å². The second-order valence-corrected chi connectivity index (χ2v) is 7.83. The number of nitrogens with one attached hydrogen (secondary N) is 1. The van der Waals surface area contributed by atoms with Crippen LogP contribution in [0.3, 0.4) is 0 Å². The second-order valence-electron chi connectivity index (χ2n) is 7.83. The first-order valence-corrected chi connectivity index (χ1v) is 9.85. The highest BCUT2D eigenvalue weighted by atomic mass is 16.2. The summed E-state index contributed by atoms with van der Waals surface area (Å²) >= 11 is 0. The lowest BCUT2D eigenvalue weighted by Crippen LogP contribution is -2.34. The van der Waals surface area contributed by atoms with Gasteiger partial charge in [-0.2, -0.15) is 5.10 Å². The largest absolute Gasteiger partial charge is 0.332 e. The molecule has 0 atom stereocenters. The maximum absolute atomic E-state index is 11.7. The number of nitrogens with zero attached hydrogens (tertiary/aromatic N) is 4. The summed E-state index contributed by atoms with van der Waals surface area (Å²) < 4.78 is 2.13. The summed E-state index contributed by atoms with van der Waals surface area (Å²) in [6.07, 6.45) is 9.68. The van der Waals surface area contributed by atoms with Crippen molar-refractivity contribution in [2.45, 2.75) is 64.6 Å². The van der Waals surface area contributed by atoms with Gasteiger partial charge in [-0.3, -0.25) is 9.58 Å². The van der Waals surface area contributed by atoms with E-state index in [1.807, 2.05) is 0 Å². The molecule has 3 rings (SSSR count). The Morgan fingerprint density at radius 2 is 2.08 bits per heavy atom. The van der Waals surface area contributed by atoms with Crippen LogP contribution >= 0.6 is 0 Å². The zero-order valence-corrected chi connectivity index (χ0v) is 15.8. The minimum Gasteiger partial charge on any atom is -0.332 e. The van der Waals surface area contributed by atoms with Crippen LogP contribution in [-0.2, 0) is 19.6 Å². The fourth-order valence-electron chi connectivity index (χ4n) is 4.09. The molecule has 1 saturated carbocycles. The van der Waals surface area contributed by atoms with Crippen molar-refractivity contribution in [3.8, 4) is 0 Å². The van der Waals surface area contributed by atoms with Crippen molar-refractivity contribution in [3.05, 3.63) is 17.5 Å². The number of fused-ring (bicyclic) bond motifs is 1. The van der Waals surface area contributed by atoms with E-state index in [1.54, 1.807) is 19.0 Å². The van der Waals surface area contributed by atoms with Crippen LogP contribution in [0.4, 0.5) is 4.79 Å². The molecule has 2 amide bonds. The summed E-state index contributed by atoms with van der Waals surface area (Å²) in [7, 11) is 3.50. The van der Waals surface area contributed by atoms with Crippen molar-refractivity contribution < 1.29 is 4.79 Å². The standard InChI is InChI=1S/C19H33N5O/c1-22(2)19(25)20-14-17-13-18-15-23(11-6-12-24(18)21-17)10-5-9-16-7-3-4-8-16/h13,16H,3-12,14-15H2,1-2H3,(H,20,25). The van der Waals surface area contributed by atoms with Crippen LogP contribution in [0, 0.1) is 5.92 Å². The molecule has 2 aliphatic rings. The molecule has 0 saturated heterocycles. The SMILES string of the molecule is CN(C)C(=O)NCc1cc2n(n1)CCCN(CCCC1CCCC1)C2. The van der Waals surface area contributed by atoms with Gasteiger partial charge in [0.15, 0.2) is 0 Å². The van der Waals surface area contributed by atoms with Crippen molar-refractivity contribution in [1.29, 1.82) is 0 Å². The van der Waals surface area contributed by atoms with Crippen molar-refractivity contribution in [2.24, 2.45) is 5.92 Å².